The third-order valence-corrected chi connectivity index (χ3v) is 4.31. The third kappa shape index (κ3) is 4.76. The first kappa shape index (κ1) is 20.0. The quantitative estimate of drug-likeness (QED) is 0.641. The van der Waals surface area contributed by atoms with E-state index < -0.39 is 5.97 Å². The number of esters is 1. The standard InChI is InChI=1S/C22H22N4O3/c1-4-26(18-7-5-6-15(2)14-18)20(27)19-12-13-23-22(25-19)24-17-10-8-16(9-11-17)21(28)29-3/h5-14H,4H2,1-3H3,(H,23,24,25). The van der Waals surface area contributed by atoms with E-state index in [0.717, 1.165) is 11.3 Å². The van der Waals surface area contributed by atoms with Crippen LogP contribution in [0.1, 0.15) is 33.3 Å². The largest absolute Gasteiger partial charge is 0.465 e. The van der Waals surface area contributed by atoms with Gasteiger partial charge in [-0.05, 0) is 61.9 Å². The summed E-state index contributed by atoms with van der Waals surface area (Å²) in [4.78, 5) is 34.7. The fourth-order valence-corrected chi connectivity index (χ4v) is 2.85. The van der Waals surface area contributed by atoms with E-state index in [1.807, 2.05) is 38.1 Å². The van der Waals surface area contributed by atoms with E-state index in [1.165, 1.54) is 13.3 Å². The van der Waals surface area contributed by atoms with Gasteiger partial charge in [0, 0.05) is 24.1 Å². The van der Waals surface area contributed by atoms with E-state index in [9.17, 15) is 9.59 Å². The Kier molecular flexibility index (Phi) is 6.19. The molecular weight excluding hydrogens is 368 g/mol. The van der Waals surface area contributed by atoms with Crippen LogP contribution in [0.4, 0.5) is 17.3 Å². The maximum absolute atomic E-state index is 13.0. The summed E-state index contributed by atoms with van der Waals surface area (Å²) >= 11 is 0. The number of nitrogens with one attached hydrogen (secondary N) is 1. The summed E-state index contributed by atoms with van der Waals surface area (Å²) < 4.78 is 4.69. The summed E-state index contributed by atoms with van der Waals surface area (Å²) in [5.41, 5.74) is 3.32. The van der Waals surface area contributed by atoms with Crippen LogP contribution in [0.2, 0.25) is 0 Å². The number of nitrogens with zero attached hydrogens (tertiary/aromatic N) is 3. The van der Waals surface area contributed by atoms with Crippen molar-refractivity contribution < 1.29 is 14.3 Å². The van der Waals surface area contributed by atoms with Crippen LogP contribution in [0.25, 0.3) is 0 Å². The molecule has 0 aliphatic carbocycles. The topological polar surface area (TPSA) is 84.4 Å². The first-order valence-corrected chi connectivity index (χ1v) is 9.18. The highest BCUT2D eigenvalue weighted by atomic mass is 16.5. The highest BCUT2D eigenvalue weighted by molar-refractivity contribution is 6.04. The lowest BCUT2D eigenvalue weighted by atomic mass is 10.2. The highest BCUT2D eigenvalue weighted by Gasteiger charge is 2.18. The van der Waals surface area contributed by atoms with Gasteiger partial charge >= 0.3 is 5.97 Å². The van der Waals surface area contributed by atoms with Gasteiger partial charge in [0.2, 0.25) is 5.95 Å². The minimum absolute atomic E-state index is 0.204. The molecule has 0 spiro atoms. The van der Waals surface area contributed by atoms with E-state index in [0.29, 0.717) is 23.7 Å². The second kappa shape index (κ2) is 8.97. The average Bonchev–Trinajstić information content (AvgIpc) is 2.74. The average molecular weight is 390 g/mol. The van der Waals surface area contributed by atoms with Gasteiger partial charge in [0.05, 0.1) is 12.7 Å². The third-order valence-electron chi connectivity index (χ3n) is 4.31. The Morgan fingerprint density at radius 2 is 1.86 bits per heavy atom. The predicted octanol–water partition coefficient (Wildman–Crippen LogP) is 3.98. The Hall–Kier alpha value is -3.74. The second-order valence-electron chi connectivity index (χ2n) is 6.35. The molecule has 0 radical (unpaired) electrons. The molecule has 1 amide bonds. The van der Waals surface area contributed by atoms with Gasteiger partial charge in [0.15, 0.2) is 0 Å². The number of anilines is 3. The number of aryl methyl sites for hydroxylation is 1. The van der Waals surface area contributed by atoms with Crippen LogP contribution in [0.5, 0.6) is 0 Å². The van der Waals surface area contributed by atoms with Gasteiger partial charge in [-0.1, -0.05) is 12.1 Å². The summed E-state index contributed by atoms with van der Waals surface area (Å²) in [5.74, 6) is -0.317. The summed E-state index contributed by atoms with van der Waals surface area (Å²) in [6, 6.07) is 16.1. The van der Waals surface area contributed by atoms with Crippen molar-refractivity contribution >= 4 is 29.2 Å². The fraction of sp³-hybridized carbons (Fsp3) is 0.182. The molecule has 0 saturated heterocycles. The molecule has 7 nitrogen and oxygen atoms in total. The smallest absolute Gasteiger partial charge is 0.337 e. The molecule has 3 aromatic rings. The molecule has 0 saturated carbocycles. The molecule has 0 aliphatic heterocycles. The number of carbonyl (C=O) groups is 2. The number of rotatable bonds is 6. The minimum atomic E-state index is -0.406. The first-order chi connectivity index (χ1) is 14.0. The van der Waals surface area contributed by atoms with Crippen LogP contribution in [-0.2, 0) is 4.74 Å². The lowest BCUT2D eigenvalue weighted by molar-refractivity contribution is 0.0600. The zero-order chi connectivity index (χ0) is 20.8. The Labute approximate surface area is 169 Å². The van der Waals surface area contributed by atoms with Crippen molar-refractivity contribution in [1.29, 1.82) is 0 Å². The second-order valence-corrected chi connectivity index (χ2v) is 6.35. The molecule has 1 aromatic heterocycles. The van der Waals surface area contributed by atoms with Gasteiger partial charge in [-0.25, -0.2) is 14.8 Å². The highest BCUT2D eigenvalue weighted by Crippen LogP contribution is 2.19. The van der Waals surface area contributed by atoms with Crippen LogP contribution >= 0.6 is 0 Å². The van der Waals surface area contributed by atoms with Crippen molar-refractivity contribution in [2.24, 2.45) is 0 Å². The number of amides is 1. The predicted molar refractivity (Wildman–Crippen MR) is 112 cm³/mol. The van der Waals surface area contributed by atoms with Crippen LogP contribution in [0.3, 0.4) is 0 Å². The molecule has 7 heteroatoms. The van der Waals surface area contributed by atoms with Crippen LogP contribution in [0.15, 0.2) is 60.8 Å². The molecule has 1 heterocycles. The number of methoxy groups -OCH3 is 1. The van der Waals surface area contributed by atoms with E-state index >= 15 is 0 Å². The maximum Gasteiger partial charge on any atom is 0.337 e. The molecule has 2 aromatic carbocycles. The van der Waals surface area contributed by atoms with E-state index in [1.54, 1.807) is 35.2 Å². The molecule has 0 bridgehead atoms. The van der Waals surface area contributed by atoms with Gasteiger partial charge in [0.1, 0.15) is 5.69 Å². The summed E-state index contributed by atoms with van der Waals surface area (Å²) in [5, 5.41) is 3.04. The van der Waals surface area contributed by atoms with Crippen LogP contribution in [0, 0.1) is 6.92 Å². The Bertz CT molecular complexity index is 1020. The fourth-order valence-electron chi connectivity index (χ4n) is 2.85. The van der Waals surface area contributed by atoms with E-state index in [4.69, 9.17) is 0 Å². The van der Waals surface area contributed by atoms with Gasteiger partial charge < -0.3 is 15.0 Å². The molecule has 0 aliphatic rings. The molecular formula is C22H22N4O3. The summed E-state index contributed by atoms with van der Waals surface area (Å²) in [6.07, 6.45) is 1.54. The number of carbonyl (C=O) groups excluding carboxylic acids is 2. The van der Waals surface area contributed by atoms with Gasteiger partial charge in [-0.3, -0.25) is 4.79 Å². The number of aromatic nitrogens is 2. The van der Waals surface area contributed by atoms with Crippen LogP contribution in [-0.4, -0.2) is 35.5 Å². The van der Waals surface area contributed by atoms with E-state index in [-0.39, 0.29) is 11.6 Å². The van der Waals surface area contributed by atoms with Crippen LogP contribution < -0.4 is 10.2 Å². The maximum atomic E-state index is 13.0. The van der Waals surface area contributed by atoms with Gasteiger partial charge in [-0.2, -0.15) is 0 Å². The van der Waals surface area contributed by atoms with Crippen molar-refractivity contribution in [3.05, 3.63) is 77.6 Å². The molecule has 1 N–H and O–H groups in total. The Morgan fingerprint density at radius 3 is 2.52 bits per heavy atom. The van der Waals surface area contributed by atoms with Gasteiger partial charge in [-0.15, -0.1) is 0 Å². The van der Waals surface area contributed by atoms with Crippen molar-refractivity contribution in [2.45, 2.75) is 13.8 Å². The molecule has 0 atom stereocenters. The minimum Gasteiger partial charge on any atom is -0.465 e. The lowest BCUT2D eigenvalue weighted by Gasteiger charge is -2.21. The van der Waals surface area contributed by atoms with Crippen molar-refractivity contribution in [3.63, 3.8) is 0 Å². The van der Waals surface area contributed by atoms with Crippen molar-refractivity contribution in [2.75, 3.05) is 23.9 Å². The SMILES string of the molecule is CCN(C(=O)c1ccnc(Nc2ccc(C(=O)OC)cc2)n1)c1cccc(C)c1. The van der Waals surface area contributed by atoms with Crippen molar-refractivity contribution in [1.82, 2.24) is 9.97 Å². The zero-order valence-corrected chi connectivity index (χ0v) is 16.5. The number of hydrogen-bond donors (Lipinski definition) is 1. The van der Waals surface area contributed by atoms with Gasteiger partial charge in [0.25, 0.3) is 5.91 Å². The number of ether oxygens (including phenoxy) is 1. The van der Waals surface area contributed by atoms with Crippen molar-refractivity contribution in [3.8, 4) is 0 Å². The number of benzene rings is 2. The molecule has 0 fully saturated rings. The monoisotopic (exact) mass is 390 g/mol. The molecule has 0 unspecified atom stereocenters. The molecule has 3 rings (SSSR count). The van der Waals surface area contributed by atoms with E-state index in [2.05, 4.69) is 20.0 Å². The first-order valence-electron chi connectivity index (χ1n) is 9.18. The lowest BCUT2D eigenvalue weighted by Crippen LogP contribution is -2.31. The Morgan fingerprint density at radius 1 is 1.10 bits per heavy atom. The summed E-state index contributed by atoms with van der Waals surface area (Å²) in [6.45, 7) is 4.42. The molecule has 148 valence electrons. The number of hydrogen-bond acceptors (Lipinski definition) is 6. The Balaban J connectivity index is 1.79. The molecule has 29 heavy (non-hydrogen) atoms. The summed E-state index contributed by atoms with van der Waals surface area (Å²) in [7, 11) is 1.33. The zero-order valence-electron chi connectivity index (χ0n) is 16.5. The normalized spacial score (nSPS) is 10.3.